The first kappa shape index (κ1) is 20.5. The fourth-order valence-corrected chi connectivity index (χ4v) is 4.54. The Morgan fingerprint density at radius 2 is 2.17 bits per heavy atom. The van der Waals surface area contributed by atoms with Crippen LogP contribution in [0.1, 0.15) is 29.3 Å². The summed E-state index contributed by atoms with van der Waals surface area (Å²) in [6.45, 7) is 3.15. The van der Waals surface area contributed by atoms with Gasteiger partial charge in [-0.1, -0.05) is 42.0 Å². The van der Waals surface area contributed by atoms with Crippen LogP contribution >= 0.6 is 22.9 Å². The van der Waals surface area contributed by atoms with Crippen LogP contribution in [0.25, 0.3) is 10.2 Å². The fraction of sp³-hybridized carbons (Fsp3) is 0.227. The van der Waals surface area contributed by atoms with Crippen molar-refractivity contribution in [2.24, 2.45) is 0 Å². The second-order valence-electron chi connectivity index (χ2n) is 6.86. The number of aryl methyl sites for hydroxylation is 2. The first-order valence-electron chi connectivity index (χ1n) is 9.68. The van der Waals surface area contributed by atoms with E-state index in [1.807, 2.05) is 22.9 Å². The van der Waals surface area contributed by atoms with E-state index in [9.17, 15) is 9.18 Å². The minimum Gasteiger partial charge on any atom is -0.337 e. The van der Waals surface area contributed by atoms with Gasteiger partial charge in [0.1, 0.15) is 5.82 Å². The average molecular weight is 443 g/mol. The molecule has 4 rings (SSSR count). The van der Waals surface area contributed by atoms with E-state index in [4.69, 9.17) is 11.6 Å². The van der Waals surface area contributed by atoms with Gasteiger partial charge in [-0.15, -0.1) is 0 Å². The first-order valence-corrected chi connectivity index (χ1v) is 10.9. The molecule has 2 aromatic heterocycles. The normalized spacial score (nSPS) is 11.2. The van der Waals surface area contributed by atoms with Crippen LogP contribution in [0, 0.1) is 5.82 Å². The number of anilines is 1. The number of rotatable bonds is 7. The zero-order valence-electron chi connectivity index (χ0n) is 16.4. The molecule has 154 valence electrons. The highest BCUT2D eigenvalue weighted by Crippen LogP contribution is 2.32. The SMILES string of the molecule is CCc1ccc2nc(N(CCCn3ccnc3)C(=O)c3c(F)cccc3Cl)sc2c1. The van der Waals surface area contributed by atoms with Gasteiger partial charge in [-0.3, -0.25) is 9.69 Å². The lowest BCUT2D eigenvalue weighted by molar-refractivity contribution is 0.0982. The number of aromatic nitrogens is 3. The number of carbonyl (C=O) groups excluding carboxylic acids is 1. The lowest BCUT2D eigenvalue weighted by atomic mass is 10.1. The smallest absolute Gasteiger partial charge is 0.264 e. The summed E-state index contributed by atoms with van der Waals surface area (Å²) in [5.74, 6) is -1.13. The molecule has 0 saturated carbocycles. The second-order valence-corrected chi connectivity index (χ2v) is 8.28. The number of amides is 1. The lowest BCUT2D eigenvalue weighted by Crippen LogP contribution is -2.33. The topological polar surface area (TPSA) is 51.0 Å². The van der Waals surface area contributed by atoms with Crippen molar-refractivity contribution in [1.82, 2.24) is 14.5 Å². The zero-order chi connectivity index (χ0) is 21.1. The summed E-state index contributed by atoms with van der Waals surface area (Å²) in [7, 11) is 0. The van der Waals surface area contributed by atoms with Crippen molar-refractivity contribution in [3.63, 3.8) is 0 Å². The van der Waals surface area contributed by atoms with Gasteiger partial charge in [-0.2, -0.15) is 0 Å². The van der Waals surface area contributed by atoms with Crippen LogP contribution in [-0.4, -0.2) is 27.0 Å². The Bertz CT molecular complexity index is 1160. The molecule has 8 heteroatoms. The highest BCUT2D eigenvalue weighted by atomic mass is 35.5. The van der Waals surface area contributed by atoms with Gasteiger partial charge in [0, 0.05) is 25.5 Å². The Morgan fingerprint density at radius 3 is 2.90 bits per heavy atom. The van der Waals surface area contributed by atoms with Crippen LogP contribution in [0.5, 0.6) is 0 Å². The second kappa shape index (κ2) is 8.93. The Hall–Kier alpha value is -2.77. The maximum Gasteiger partial charge on any atom is 0.264 e. The third-order valence-electron chi connectivity index (χ3n) is 4.86. The number of fused-ring (bicyclic) bond motifs is 1. The minimum absolute atomic E-state index is 0.0917. The lowest BCUT2D eigenvalue weighted by Gasteiger charge is -2.21. The quantitative estimate of drug-likeness (QED) is 0.375. The molecule has 0 atom stereocenters. The predicted molar refractivity (Wildman–Crippen MR) is 119 cm³/mol. The van der Waals surface area contributed by atoms with Crippen molar-refractivity contribution in [2.75, 3.05) is 11.4 Å². The summed E-state index contributed by atoms with van der Waals surface area (Å²) in [5.41, 5.74) is 1.89. The standard InChI is InChI=1S/C22H20ClFN4OS/c1-2-15-7-8-18-19(13-15)30-22(26-18)28(11-4-10-27-12-9-25-14-27)21(29)20-16(23)5-3-6-17(20)24/h3,5-9,12-14H,2,4,10-11H2,1H3. The Morgan fingerprint density at radius 1 is 1.30 bits per heavy atom. The van der Waals surface area contributed by atoms with Crippen molar-refractivity contribution in [3.05, 3.63) is 77.1 Å². The summed E-state index contributed by atoms with van der Waals surface area (Å²) in [6, 6.07) is 10.3. The molecule has 0 radical (unpaired) electrons. The molecule has 0 fully saturated rings. The molecule has 0 aliphatic rings. The van der Waals surface area contributed by atoms with E-state index >= 15 is 0 Å². The van der Waals surface area contributed by atoms with E-state index in [0.717, 1.165) is 16.6 Å². The van der Waals surface area contributed by atoms with Crippen molar-refractivity contribution in [2.45, 2.75) is 26.3 Å². The van der Waals surface area contributed by atoms with Gasteiger partial charge < -0.3 is 4.57 Å². The molecular formula is C22H20ClFN4OS. The van der Waals surface area contributed by atoms with E-state index in [0.29, 0.717) is 24.6 Å². The van der Waals surface area contributed by atoms with E-state index in [1.165, 1.54) is 40.0 Å². The van der Waals surface area contributed by atoms with Crippen LogP contribution in [0.15, 0.2) is 55.1 Å². The molecule has 0 bridgehead atoms. The molecule has 5 nitrogen and oxygen atoms in total. The molecule has 4 aromatic rings. The van der Waals surface area contributed by atoms with Gasteiger partial charge in [0.15, 0.2) is 5.13 Å². The molecule has 0 saturated heterocycles. The van der Waals surface area contributed by atoms with E-state index < -0.39 is 11.7 Å². The number of hydrogen-bond acceptors (Lipinski definition) is 4. The number of thiazole rings is 1. The third-order valence-corrected chi connectivity index (χ3v) is 6.22. The summed E-state index contributed by atoms with van der Waals surface area (Å²) >= 11 is 7.60. The van der Waals surface area contributed by atoms with Crippen LogP contribution in [0.4, 0.5) is 9.52 Å². The fourth-order valence-electron chi connectivity index (χ4n) is 3.24. The summed E-state index contributed by atoms with van der Waals surface area (Å²) in [6.07, 6.45) is 6.88. The molecule has 2 aromatic carbocycles. The molecule has 0 aliphatic heterocycles. The van der Waals surface area contributed by atoms with Gasteiger partial charge in [-0.05, 0) is 42.7 Å². The molecule has 0 unspecified atom stereocenters. The Balaban J connectivity index is 1.68. The molecule has 1 amide bonds. The van der Waals surface area contributed by atoms with E-state index in [2.05, 4.69) is 23.0 Å². The van der Waals surface area contributed by atoms with E-state index in [1.54, 1.807) is 12.5 Å². The highest BCUT2D eigenvalue weighted by Gasteiger charge is 2.25. The number of nitrogens with zero attached hydrogens (tertiary/aromatic N) is 4. The Labute approximate surface area is 182 Å². The number of imidazole rings is 1. The third kappa shape index (κ3) is 4.22. The van der Waals surface area contributed by atoms with E-state index in [-0.39, 0.29) is 10.6 Å². The Kier molecular flexibility index (Phi) is 6.11. The number of carbonyl (C=O) groups is 1. The summed E-state index contributed by atoms with van der Waals surface area (Å²) in [4.78, 5) is 23.5. The largest absolute Gasteiger partial charge is 0.337 e. The van der Waals surface area contributed by atoms with Crippen molar-refractivity contribution in [3.8, 4) is 0 Å². The zero-order valence-corrected chi connectivity index (χ0v) is 18.0. The number of benzene rings is 2. The van der Waals surface area contributed by atoms with Gasteiger partial charge in [0.25, 0.3) is 5.91 Å². The average Bonchev–Trinajstić information content (AvgIpc) is 3.39. The van der Waals surface area contributed by atoms with Gasteiger partial charge in [0.05, 0.1) is 27.1 Å². The van der Waals surface area contributed by atoms with Crippen LogP contribution in [0.3, 0.4) is 0 Å². The maximum atomic E-state index is 14.5. The molecule has 30 heavy (non-hydrogen) atoms. The van der Waals surface area contributed by atoms with Crippen LogP contribution in [-0.2, 0) is 13.0 Å². The molecule has 0 spiro atoms. The van der Waals surface area contributed by atoms with Crippen LogP contribution < -0.4 is 4.90 Å². The number of halogens is 2. The molecule has 0 N–H and O–H groups in total. The summed E-state index contributed by atoms with van der Waals surface area (Å²) in [5, 5.41) is 0.627. The van der Waals surface area contributed by atoms with Crippen molar-refractivity contribution >= 4 is 44.2 Å². The maximum absolute atomic E-state index is 14.5. The summed E-state index contributed by atoms with van der Waals surface area (Å²) < 4.78 is 17.4. The van der Waals surface area contributed by atoms with Gasteiger partial charge >= 0.3 is 0 Å². The van der Waals surface area contributed by atoms with Crippen molar-refractivity contribution < 1.29 is 9.18 Å². The van der Waals surface area contributed by atoms with Crippen molar-refractivity contribution in [1.29, 1.82) is 0 Å². The van der Waals surface area contributed by atoms with Gasteiger partial charge in [0.2, 0.25) is 0 Å². The van der Waals surface area contributed by atoms with Gasteiger partial charge in [-0.25, -0.2) is 14.4 Å². The molecule has 0 aliphatic carbocycles. The monoisotopic (exact) mass is 442 g/mol. The molecular weight excluding hydrogens is 423 g/mol. The van der Waals surface area contributed by atoms with Crippen LogP contribution in [0.2, 0.25) is 5.02 Å². The number of hydrogen-bond donors (Lipinski definition) is 0. The first-order chi connectivity index (χ1) is 14.6. The predicted octanol–water partition coefficient (Wildman–Crippen LogP) is 5.58. The minimum atomic E-state index is -0.638. The molecule has 2 heterocycles. The highest BCUT2D eigenvalue weighted by molar-refractivity contribution is 7.22.